The molecular formula is C23H29N5O6. The number of benzene rings is 1. The molecule has 0 bridgehead atoms. The number of rotatable bonds is 6. The fourth-order valence-corrected chi connectivity index (χ4v) is 3.73. The number of ether oxygens (including phenoxy) is 3. The van der Waals surface area contributed by atoms with Gasteiger partial charge in [-0.05, 0) is 24.6 Å². The Balaban J connectivity index is 1.30. The largest absolute Gasteiger partial charge is 0.454 e. The van der Waals surface area contributed by atoms with Crippen molar-refractivity contribution >= 4 is 23.4 Å². The summed E-state index contributed by atoms with van der Waals surface area (Å²) in [4.78, 5) is 38.1. The zero-order valence-corrected chi connectivity index (χ0v) is 19.8. The molecule has 0 atom stereocenters. The van der Waals surface area contributed by atoms with Gasteiger partial charge in [0, 0.05) is 37.3 Å². The molecule has 0 aliphatic carbocycles. The van der Waals surface area contributed by atoms with Crippen LogP contribution in [-0.4, -0.2) is 70.6 Å². The number of anilines is 1. The summed E-state index contributed by atoms with van der Waals surface area (Å²) in [6.45, 7) is 6.41. The number of hydrogen-bond acceptors (Lipinski definition) is 7. The van der Waals surface area contributed by atoms with Gasteiger partial charge in [-0.25, -0.2) is 10.0 Å². The van der Waals surface area contributed by atoms with Gasteiger partial charge in [0.2, 0.25) is 12.7 Å². The lowest BCUT2D eigenvalue weighted by molar-refractivity contribution is -0.146. The molecule has 3 heterocycles. The maximum atomic E-state index is 13.1. The maximum absolute atomic E-state index is 13.1. The molecule has 1 aromatic heterocycles. The van der Waals surface area contributed by atoms with E-state index in [0.717, 1.165) is 5.69 Å². The molecule has 2 aliphatic heterocycles. The lowest BCUT2D eigenvalue weighted by Gasteiger charge is -2.27. The van der Waals surface area contributed by atoms with Crippen molar-refractivity contribution in [2.45, 2.75) is 32.6 Å². The van der Waals surface area contributed by atoms with Gasteiger partial charge in [-0.2, -0.15) is 5.10 Å². The van der Waals surface area contributed by atoms with Gasteiger partial charge in [0.25, 0.3) is 11.8 Å². The number of hydrazine groups is 1. The van der Waals surface area contributed by atoms with Crippen molar-refractivity contribution in [1.29, 1.82) is 0 Å². The first-order chi connectivity index (χ1) is 16.1. The average molecular weight is 472 g/mol. The second-order valence-corrected chi connectivity index (χ2v) is 9.20. The van der Waals surface area contributed by atoms with Crippen molar-refractivity contribution in [3.8, 4) is 11.5 Å². The number of amides is 3. The van der Waals surface area contributed by atoms with E-state index < -0.39 is 5.91 Å². The minimum Gasteiger partial charge on any atom is -0.454 e. The maximum Gasteiger partial charge on any atom is 0.290 e. The Morgan fingerprint density at radius 2 is 1.79 bits per heavy atom. The van der Waals surface area contributed by atoms with Gasteiger partial charge in [-0.1, -0.05) is 20.8 Å². The highest BCUT2D eigenvalue weighted by Crippen LogP contribution is 2.34. The number of carbonyl (C=O) groups excluding carboxylic acids is 3. The van der Waals surface area contributed by atoms with Crippen molar-refractivity contribution in [3.05, 3.63) is 35.7 Å². The number of nitrogens with one attached hydrogen (secondary N) is 1. The quantitative estimate of drug-likeness (QED) is 0.682. The second-order valence-electron chi connectivity index (χ2n) is 9.20. The predicted octanol–water partition coefficient (Wildman–Crippen LogP) is 1.69. The van der Waals surface area contributed by atoms with Crippen LogP contribution in [0.15, 0.2) is 24.3 Å². The number of nitrogens with zero attached hydrogens (tertiary/aromatic N) is 4. The number of fused-ring (bicyclic) bond motifs is 1. The minimum absolute atomic E-state index is 0.145. The van der Waals surface area contributed by atoms with Crippen molar-refractivity contribution < 1.29 is 28.6 Å². The Bertz CT molecular complexity index is 1110. The Kier molecular flexibility index (Phi) is 6.47. The monoisotopic (exact) mass is 471 g/mol. The molecule has 1 aromatic carbocycles. The summed E-state index contributed by atoms with van der Waals surface area (Å²) in [7, 11) is 1.71. The fourth-order valence-electron chi connectivity index (χ4n) is 3.73. The molecule has 1 fully saturated rings. The molecule has 2 aliphatic rings. The van der Waals surface area contributed by atoms with Crippen molar-refractivity contribution in [2.75, 3.05) is 38.4 Å². The lowest BCUT2D eigenvalue weighted by Crippen LogP contribution is -2.47. The van der Waals surface area contributed by atoms with E-state index >= 15 is 0 Å². The fraction of sp³-hybridized carbons (Fsp3) is 0.478. The van der Waals surface area contributed by atoms with E-state index in [-0.39, 0.29) is 37.2 Å². The first-order valence-electron chi connectivity index (χ1n) is 11.1. The second kappa shape index (κ2) is 9.34. The van der Waals surface area contributed by atoms with Crippen LogP contribution >= 0.6 is 0 Å². The highest BCUT2D eigenvalue weighted by Gasteiger charge is 2.33. The third-order valence-electron chi connectivity index (χ3n) is 5.54. The third kappa shape index (κ3) is 4.98. The summed E-state index contributed by atoms with van der Waals surface area (Å²) in [5, 5.41) is 9.93. The Morgan fingerprint density at radius 1 is 1.06 bits per heavy atom. The number of hydrogen-bond donors (Lipinski definition) is 1. The third-order valence-corrected chi connectivity index (χ3v) is 5.54. The highest BCUT2D eigenvalue weighted by molar-refractivity contribution is 5.95. The van der Waals surface area contributed by atoms with E-state index in [9.17, 15) is 14.4 Å². The number of aromatic nitrogens is 2. The summed E-state index contributed by atoms with van der Waals surface area (Å²) < 4.78 is 17.4. The van der Waals surface area contributed by atoms with Crippen LogP contribution in [0, 0.1) is 0 Å². The summed E-state index contributed by atoms with van der Waals surface area (Å²) in [6, 6.07) is 6.81. The molecule has 0 radical (unpaired) electrons. The predicted molar refractivity (Wildman–Crippen MR) is 121 cm³/mol. The average Bonchev–Trinajstić information content (AvgIpc) is 3.51. The van der Waals surface area contributed by atoms with Crippen LogP contribution in [0.2, 0.25) is 0 Å². The molecule has 0 saturated carbocycles. The topological polar surface area (TPSA) is 115 Å². The van der Waals surface area contributed by atoms with E-state index in [1.54, 1.807) is 36.0 Å². The van der Waals surface area contributed by atoms with Crippen molar-refractivity contribution in [1.82, 2.24) is 19.8 Å². The zero-order chi connectivity index (χ0) is 24.5. The van der Waals surface area contributed by atoms with Crippen LogP contribution in [0.3, 0.4) is 0 Å². The lowest BCUT2D eigenvalue weighted by atomic mass is 9.92. The molecule has 1 saturated heterocycles. The highest BCUT2D eigenvalue weighted by atomic mass is 16.7. The van der Waals surface area contributed by atoms with E-state index in [4.69, 9.17) is 14.2 Å². The Hall–Kier alpha value is -3.60. The molecule has 0 spiro atoms. The molecule has 1 N–H and O–H groups in total. The van der Waals surface area contributed by atoms with Gasteiger partial charge < -0.3 is 19.5 Å². The standard InChI is InChI=1S/C23H29N5O6/c1-23(2,3)19-11-16(26(4)25-19)22(31)28-9-5-8-27(28)21(30)13-32-12-20(29)24-15-6-7-17-18(10-15)34-14-33-17/h6-7,10-11H,5,8-9,12-14H2,1-4H3,(H,24,29). The molecule has 0 unspecified atom stereocenters. The van der Waals surface area contributed by atoms with Crippen LogP contribution in [0.25, 0.3) is 0 Å². The summed E-state index contributed by atoms with van der Waals surface area (Å²) in [5.41, 5.74) is 1.54. The molecule has 3 amide bonds. The molecule has 11 nitrogen and oxygen atoms in total. The summed E-state index contributed by atoms with van der Waals surface area (Å²) in [6.07, 6.45) is 0.659. The van der Waals surface area contributed by atoms with Gasteiger partial charge in [0.1, 0.15) is 18.9 Å². The molecular weight excluding hydrogens is 442 g/mol. The zero-order valence-electron chi connectivity index (χ0n) is 19.8. The van der Waals surface area contributed by atoms with E-state index in [0.29, 0.717) is 42.4 Å². The first-order valence-corrected chi connectivity index (χ1v) is 11.1. The Morgan fingerprint density at radius 3 is 2.53 bits per heavy atom. The van der Waals surface area contributed by atoms with Gasteiger partial charge in [-0.3, -0.25) is 19.1 Å². The van der Waals surface area contributed by atoms with Gasteiger partial charge in [0.15, 0.2) is 11.5 Å². The molecule has 4 rings (SSSR count). The number of aryl methyl sites for hydroxylation is 1. The Labute approximate surface area is 197 Å². The summed E-state index contributed by atoms with van der Waals surface area (Å²) >= 11 is 0. The normalized spacial score (nSPS) is 15.1. The first kappa shape index (κ1) is 23.6. The minimum atomic E-state index is -0.411. The van der Waals surface area contributed by atoms with Crippen LogP contribution in [0.5, 0.6) is 11.5 Å². The molecule has 34 heavy (non-hydrogen) atoms. The smallest absolute Gasteiger partial charge is 0.290 e. The van der Waals surface area contributed by atoms with Crippen molar-refractivity contribution in [3.63, 3.8) is 0 Å². The van der Waals surface area contributed by atoms with Gasteiger partial charge in [-0.15, -0.1) is 0 Å². The van der Waals surface area contributed by atoms with Crippen LogP contribution in [0.1, 0.15) is 43.4 Å². The molecule has 2 aromatic rings. The van der Waals surface area contributed by atoms with Crippen LogP contribution < -0.4 is 14.8 Å². The van der Waals surface area contributed by atoms with Crippen molar-refractivity contribution in [2.24, 2.45) is 7.05 Å². The van der Waals surface area contributed by atoms with E-state index in [1.807, 2.05) is 20.8 Å². The molecule has 11 heteroatoms. The van der Waals surface area contributed by atoms with Gasteiger partial charge >= 0.3 is 0 Å². The van der Waals surface area contributed by atoms with E-state index in [2.05, 4.69) is 10.4 Å². The van der Waals surface area contributed by atoms with E-state index in [1.165, 1.54) is 10.0 Å². The summed E-state index contributed by atoms with van der Waals surface area (Å²) in [5.74, 6) is 0.0727. The van der Waals surface area contributed by atoms with Crippen LogP contribution in [-0.2, 0) is 26.8 Å². The van der Waals surface area contributed by atoms with Crippen LogP contribution in [0.4, 0.5) is 5.69 Å². The van der Waals surface area contributed by atoms with Gasteiger partial charge in [0.05, 0.1) is 5.69 Å². The SMILES string of the molecule is Cn1nc(C(C)(C)C)cc1C(=O)N1CCCN1C(=O)COCC(=O)Nc1ccc2c(c1)OCO2. The molecule has 182 valence electrons. The number of carbonyl (C=O) groups is 3.